The number of aromatic nitrogens is 2. The van der Waals surface area contributed by atoms with Gasteiger partial charge in [-0.1, -0.05) is 54.6 Å². The van der Waals surface area contributed by atoms with Crippen molar-refractivity contribution in [3.63, 3.8) is 0 Å². The third-order valence-corrected chi connectivity index (χ3v) is 9.93. The maximum atomic E-state index is 6.33. The van der Waals surface area contributed by atoms with Crippen LogP contribution in [0.2, 0.25) is 0 Å². The van der Waals surface area contributed by atoms with Gasteiger partial charge in [-0.15, -0.1) is 0 Å². The molecule has 0 spiro atoms. The summed E-state index contributed by atoms with van der Waals surface area (Å²) in [4.78, 5) is 0. The molecule has 2 aliphatic rings. The third kappa shape index (κ3) is 3.54. The Bertz CT molecular complexity index is 2320. The molecule has 0 atom stereocenters. The Balaban J connectivity index is 1.25. The Morgan fingerprint density at radius 3 is 2.30 bits per heavy atom. The number of benzene rings is 4. The molecular weight excluding hydrogens is 524 g/mol. The van der Waals surface area contributed by atoms with Gasteiger partial charge < -0.3 is 4.42 Å². The molecule has 43 heavy (non-hydrogen) atoms. The molecule has 0 bridgehead atoms. The number of para-hydroxylation sites is 2. The van der Waals surface area contributed by atoms with Crippen molar-refractivity contribution in [1.29, 1.82) is 0 Å². The number of nitrogens with zero attached hydrogens (tertiary/aromatic N) is 2. The van der Waals surface area contributed by atoms with E-state index in [1.807, 2.05) is 12.1 Å². The van der Waals surface area contributed by atoms with Gasteiger partial charge in [0.15, 0.2) is 19.3 Å². The zero-order valence-corrected chi connectivity index (χ0v) is 24.5. The molecule has 3 heteroatoms. The van der Waals surface area contributed by atoms with E-state index < -0.39 is 0 Å². The van der Waals surface area contributed by atoms with E-state index in [-0.39, 0.29) is 0 Å². The van der Waals surface area contributed by atoms with E-state index >= 15 is 0 Å². The van der Waals surface area contributed by atoms with E-state index in [0.29, 0.717) is 0 Å². The van der Waals surface area contributed by atoms with Crippen molar-refractivity contribution >= 4 is 44.9 Å². The standard InChI is InChI=1S/C40H32N2O/c1-25-26(2)31-20-23-41-22-19-27-9-3-4-12-32(27)39(41)38(31)37-30(25)21-24-42-29(11-8-15-35(37)42)18-17-28-10-7-14-34-33-13-5-6-16-36(33)43-40(28)34/h3-19,22H,20-21,23-24H2,1-2H3/q+2. The Morgan fingerprint density at radius 2 is 1.40 bits per heavy atom. The Labute approximate surface area is 251 Å². The van der Waals surface area contributed by atoms with Crippen molar-refractivity contribution in [3.8, 4) is 22.5 Å². The highest BCUT2D eigenvalue weighted by Crippen LogP contribution is 2.44. The van der Waals surface area contributed by atoms with Crippen molar-refractivity contribution < 1.29 is 13.6 Å². The highest BCUT2D eigenvalue weighted by Gasteiger charge is 2.37. The van der Waals surface area contributed by atoms with Crippen LogP contribution in [0.15, 0.2) is 102 Å². The minimum atomic E-state index is 0.933. The molecule has 5 heterocycles. The highest BCUT2D eigenvalue weighted by atomic mass is 16.3. The van der Waals surface area contributed by atoms with Crippen LogP contribution in [0.4, 0.5) is 0 Å². The number of pyridine rings is 2. The average Bonchev–Trinajstić information content (AvgIpc) is 3.44. The lowest BCUT2D eigenvalue weighted by molar-refractivity contribution is -0.690. The first-order valence-corrected chi connectivity index (χ1v) is 15.4. The molecule has 9 rings (SSSR count). The summed E-state index contributed by atoms with van der Waals surface area (Å²) in [6.45, 7) is 6.66. The number of furan rings is 1. The lowest BCUT2D eigenvalue weighted by Crippen LogP contribution is -2.45. The first kappa shape index (κ1) is 24.6. The maximum Gasteiger partial charge on any atom is 0.221 e. The van der Waals surface area contributed by atoms with Crippen LogP contribution in [0.3, 0.4) is 0 Å². The maximum absolute atomic E-state index is 6.33. The van der Waals surface area contributed by atoms with Gasteiger partial charge in [-0.25, -0.2) is 0 Å². The SMILES string of the molecule is Cc1c(C)c2c(c3c1CC[n+]1ccc4ccccc4c1-3)-c1cccc(C=Cc3cccc4c3oc3ccccc34)[n+]1CC2. The molecule has 0 radical (unpaired) electrons. The van der Waals surface area contributed by atoms with E-state index in [9.17, 15) is 0 Å². The number of hydrogen-bond acceptors (Lipinski definition) is 1. The molecule has 0 saturated carbocycles. The Morgan fingerprint density at radius 1 is 0.651 bits per heavy atom. The monoisotopic (exact) mass is 556 g/mol. The van der Waals surface area contributed by atoms with Crippen LogP contribution in [0.5, 0.6) is 0 Å². The second-order valence-corrected chi connectivity index (χ2v) is 12.0. The van der Waals surface area contributed by atoms with E-state index in [1.54, 1.807) is 0 Å². The minimum Gasteiger partial charge on any atom is -0.455 e. The summed E-state index contributed by atoms with van der Waals surface area (Å²) in [5.74, 6) is 0. The minimum absolute atomic E-state index is 0.933. The number of fused-ring (bicyclic) bond motifs is 12. The van der Waals surface area contributed by atoms with Crippen LogP contribution in [0.1, 0.15) is 33.5 Å². The van der Waals surface area contributed by atoms with E-state index in [4.69, 9.17) is 4.42 Å². The quantitative estimate of drug-likeness (QED) is 0.196. The largest absolute Gasteiger partial charge is 0.455 e. The lowest BCUT2D eigenvalue weighted by atomic mass is 9.79. The first-order chi connectivity index (χ1) is 21.2. The topological polar surface area (TPSA) is 20.9 Å². The van der Waals surface area contributed by atoms with Gasteiger partial charge in [0, 0.05) is 53.5 Å². The summed E-state index contributed by atoms with van der Waals surface area (Å²) >= 11 is 0. The molecule has 4 aromatic carbocycles. The van der Waals surface area contributed by atoms with Gasteiger partial charge in [-0.2, -0.15) is 9.13 Å². The Hall–Kier alpha value is -5.02. The molecule has 0 aliphatic carbocycles. The molecule has 0 N–H and O–H groups in total. The van der Waals surface area contributed by atoms with Gasteiger partial charge in [-0.3, -0.25) is 0 Å². The molecule has 3 aromatic heterocycles. The summed E-state index contributed by atoms with van der Waals surface area (Å²) in [6.07, 6.45) is 8.87. The molecule has 206 valence electrons. The fourth-order valence-electron chi connectivity index (χ4n) is 7.72. The lowest BCUT2D eigenvalue weighted by Gasteiger charge is -2.27. The fourth-order valence-corrected chi connectivity index (χ4v) is 7.72. The summed E-state index contributed by atoms with van der Waals surface area (Å²) in [5, 5.41) is 4.96. The van der Waals surface area contributed by atoms with E-state index in [0.717, 1.165) is 53.4 Å². The van der Waals surface area contributed by atoms with Gasteiger partial charge >= 0.3 is 0 Å². The summed E-state index contributed by atoms with van der Waals surface area (Å²) in [7, 11) is 0. The van der Waals surface area contributed by atoms with Crippen molar-refractivity contribution in [2.45, 2.75) is 39.8 Å². The van der Waals surface area contributed by atoms with Gasteiger partial charge in [0.1, 0.15) is 11.2 Å². The first-order valence-electron chi connectivity index (χ1n) is 15.4. The smallest absolute Gasteiger partial charge is 0.221 e. The molecule has 0 saturated heterocycles. The number of aryl methyl sites for hydroxylation is 1. The Kier molecular flexibility index (Phi) is 5.28. The van der Waals surface area contributed by atoms with Crippen LogP contribution >= 0.6 is 0 Å². The van der Waals surface area contributed by atoms with Gasteiger partial charge in [0.2, 0.25) is 17.1 Å². The second kappa shape index (κ2) is 9.24. The van der Waals surface area contributed by atoms with E-state index in [1.165, 1.54) is 61.2 Å². The molecule has 3 nitrogen and oxygen atoms in total. The van der Waals surface area contributed by atoms with Crippen molar-refractivity contribution in [2.75, 3.05) is 0 Å². The van der Waals surface area contributed by atoms with Crippen molar-refractivity contribution in [2.24, 2.45) is 0 Å². The molecule has 0 fully saturated rings. The van der Waals surface area contributed by atoms with Gasteiger partial charge in [0.05, 0.1) is 16.5 Å². The van der Waals surface area contributed by atoms with Crippen LogP contribution in [0.25, 0.3) is 67.4 Å². The molecular formula is C40H32N2O+2. The molecule has 0 amide bonds. The van der Waals surface area contributed by atoms with Crippen LogP contribution in [0, 0.1) is 13.8 Å². The summed E-state index contributed by atoms with van der Waals surface area (Å²) < 4.78 is 11.3. The molecule has 0 unspecified atom stereocenters. The highest BCUT2D eigenvalue weighted by molar-refractivity contribution is 6.07. The molecule has 2 aliphatic heterocycles. The van der Waals surface area contributed by atoms with E-state index in [2.05, 4.69) is 120 Å². The average molecular weight is 557 g/mol. The van der Waals surface area contributed by atoms with Gasteiger partial charge in [-0.05, 0) is 65.8 Å². The predicted octanol–water partition coefficient (Wildman–Crippen LogP) is 8.55. The summed E-state index contributed by atoms with van der Waals surface area (Å²) in [6, 6.07) is 32.7. The van der Waals surface area contributed by atoms with Gasteiger partial charge in [0.25, 0.3) is 0 Å². The van der Waals surface area contributed by atoms with Crippen molar-refractivity contribution in [1.82, 2.24) is 0 Å². The van der Waals surface area contributed by atoms with Crippen LogP contribution in [-0.4, -0.2) is 0 Å². The second-order valence-electron chi connectivity index (χ2n) is 12.0. The number of hydrogen-bond donors (Lipinski definition) is 0. The fraction of sp³-hybridized carbons (Fsp3) is 0.150. The summed E-state index contributed by atoms with van der Waals surface area (Å²) in [5.41, 5.74) is 15.7. The zero-order chi connectivity index (χ0) is 28.7. The number of rotatable bonds is 2. The zero-order valence-electron chi connectivity index (χ0n) is 24.5. The van der Waals surface area contributed by atoms with Crippen LogP contribution in [-0.2, 0) is 25.9 Å². The third-order valence-electron chi connectivity index (χ3n) is 9.93. The normalized spacial score (nSPS) is 13.8. The van der Waals surface area contributed by atoms with Crippen molar-refractivity contribution in [3.05, 3.63) is 131 Å². The predicted molar refractivity (Wildman–Crippen MR) is 175 cm³/mol. The van der Waals surface area contributed by atoms with Crippen LogP contribution < -0.4 is 9.13 Å². The molecule has 7 aromatic rings.